The van der Waals surface area contributed by atoms with E-state index in [-0.39, 0.29) is 6.04 Å². The maximum atomic E-state index is 13.1. The van der Waals surface area contributed by atoms with Gasteiger partial charge in [0.2, 0.25) is 0 Å². The fourth-order valence-electron chi connectivity index (χ4n) is 2.34. The SMILES string of the molecule is Cc1ccc(C(C)NCc2ccc(F)c(F)c2)c(C)c1. The van der Waals surface area contributed by atoms with Gasteiger partial charge in [-0.05, 0) is 49.6 Å². The molecule has 20 heavy (non-hydrogen) atoms. The normalized spacial score (nSPS) is 12.4. The van der Waals surface area contributed by atoms with E-state index >= 15 is 0 Å². The maximum absolute atomic E-state index is 13.1. The van der Waals surface area contributed by atoms with Crippen molar-refractivity contribution in [2.45, 2.75) is 33.4 Å². The predicted molar refractivity (Wildman–Crippen MR) is 77.5 cm³/mol. The van der Waals surface area contributed by atoms with E-state index in [4.69, 9.17) is 0 Å². The molecule has 1 nitrogen and oxygen atoms in total. The van der Waals surface area contributed by atoms with E-state index in [1.807, 2.05) is 0 Å². The quantitative estimate of drug-likeness (QED) is 0.870. The van der Waals surface area contributed by atoms with Crippen LogP contribution in [0.15, 0.2) is 36.4 Å². The molecule has 2 rings (SSSR count). The molecule has 0 radical (unpaired) electrons. The van der Waals surface area contributed by atoms with Gasteiger partial charge in [-0.1, -0.05) is 29.8 Å². The van der Waals surface area contributed by atoms with E-state index < -0.39 is 11.6 Å². The number of rotatable bonds is 4. The van der Waals surface area contributed by atoms with E-state index in [1.54, 1.807) is 6.07 Å². The average molecular weight is 275 g/mol. The van der Waals surface area contributed by atoms with Crippen LogP contribution in [0.3, 0.4) is 0 Å². The Morgan fingerprint density at radius 1 is 1.00 bits per heavy atom. The second kappa shape index (κ2) is 6.14. The highest BCUT2D eigenvalue weighted by molar-refractivity contribution is 5.32. The summed E-state index contributed by atoms with van der Waals surface area (Å²) in [4.78, 5) is 0. The molecule has 0 aliphatic rings. The number of hydrogen-bond donors (Lipinski definition) is 1. The third-order valence-electron chi connectivity index (χ3n) is 3.49. The molecule has 0 fully saturated rings. The first kappa shape index (κ1) is 14.7. The van der Waals surface area contributed by atoms with Gasteiger partial charge in [0.25, 0.3) is 0 Å². The molecule has 0 spiro atoms. The lowest BCUT2D eigenvalue weighted by atomic mass is 10.00. The molecule has 2 aromatic rings. The van der Waals surface area contributed by atoms with Crippen LogP contribution in [0.2, 0.25) is 0 Å². The number of hydrogen-bond acceptors (Lipinski definition) is 1. The number of aryl methyl sites for hydroxylation is 2. The van der Waals surface area contributed by atoms with E-state index in [2.05, 4.69) is 44.3 Å². The van der Waals surface area contributed by atoms with Gasteiger partial charge < -0.3 is 5.32 Å². The van der Waals surface area contributed by atoms with Crippen LogP contribution in [0.25, 0.3) is 0 Å². The molecular formula is C17H19F2N. The molecule has 0 aromatic heterocycles. The molecule has 2 aromatic carbocycles. The van der Waals surface area contributed by atoms with Crippen LogP contribution < -0.4 is 5.32 Å². The Labute approximate surface area is 118 Å². The molecule has 1 unspecified atom stereocenters. The molecular weight excluding hydrogens is 256 g/mol. The van der Waals surface area contributed by atoms with Crippen LogP contribution in [-0.4, -0.2) is 0 Å². The lowest BCUT2D eigenvalue weighted by molar-refractivity contribution is 0.503. The molecule has 106 valence electrons. The Bertz CT molecular complexity index is 608. The number of nitrogens with one attached hydrogen (secondary N) is 1. The zero-order valence-corrected chi connectivity index (χ0v) is 12.0. The standard InChI is InChI=1S/C17H19F2N/c1-11-4-6-15(12(2)8-11)13(3)20-10-14-5-7-16(18)17(19)9-14/h4-9,13,20H,10H2,1-3H3. The number of benzene rings is 2. The first-order valence-corrected chi connectivity index (χ1v) is 6.72. The van der Waals surface area contributed by atoms with Gasteiger partial charge in [0.1, 0.15) is 0 Å². The molecule has 1 N–H and O–H groups in total. The lowest BCUT2D eigenvalue weighted by Crippen LogP contribution is -2.19. The van der Waals surface area contributed by atoms with Gasteiger partial charge in [-0.3, -0.25) is 0 Å². The van der Waals surface area contributed by atoms with Gasteiger partial charge in [-0.2, -0.15) is 0 Å². The lowest BCUT2D eigenvalue weighted by Gasteiger charge is -2.17. The molecule has 0 bridgehead atoms. The van der Waals surface area contributed by atoms with Gasteiger partial charge in [0.05, 0.1) is 0 Å². The van der Waals surface area contributed by atoms with Gasteiger partial charge in [0, 0.05) is 12.6 Å². The minimum absolute atomic E-state index is 0.156. The van der Waals surface area contributed by atoms with Gasteiger partial charge in [-0.25, -0.2) is 8.78 Å². The molecule has 1 atom stereocenters. The van der Waals surface area contributed by atoms with Crippen molar-refractivity contribution in [1.82, 2.24) is 5.32 Å². The smallest absolute Gasteiger partial charge is 0.159 e. The molecule has 3 heteroatoms. The summed E-state index contributed by atoms with van der Waals surface area (Å²) in [5, 5.41) is 3.33. The minimum atomic E-state index is -0.809. The van der Waals surface area contributed by atoms with Crippen molar-refractivity contribution in [3.05, 3.63) is 70.3 Å². The first-order valence-electron chi connectivity index (χ1n) is 6.72. The Balaban J connectivity index is 2.04. The Hall–Kier alpha value is -1.74. The fourth-order valence-corrected chi connectivity index (χ4v) is 2.34. The topological polar surface area (TPSA) is 12.0 Å². The highest BCUT2D eigenvalue weighted by Gasteiger charge is 2.09. The fraction of sp³-hybridized carbons (Fsp3) is 0.294. The molecule has 0 heterocycles. The largest absolute Gasteiger partial charge is 0.306 e. The first-order chi connectivity index (χ1) is 9.47. The maximum Gasteiger partial charge on any atom is 0.159 e. The Morgan fingerprint density at radius 2 is 1.75 bits per heavy atom. The van der Waals surface area contributed by atoms with Crippen molar-refractivity contribution in [3.8, 4) is 0 Å². The monoisotopic (exact) mass is 275 g/mol. The Morgan fingerprint density at radius 3 is 2.40 bits per heavy atom. The Kier molecular flexibility index (Phi) is 4.50. The zero-order valence-electron chi connectivity index (χ0n) is 12.0. The second-order valence-electron chi connectivity index (χ2n) is 5.21. The second-order valence-corrected chi connectivity index (χ2v) is 5.21. The molecule has 0 aliphatic heterocycles. The molecule has 0 saturated heterocycles. The summed E-state index contributed by atoms with van der Waals surface area (Å²) in [7, 11) is 0. The summed E-state index contributed by atoms with van der Waals surface area (Å²) in [6, 6.07) is 10.5. The van der Waals surface area contributed by atoms with E-state index in [0.717, 1.165) is 11.6 Å². The third-order valence-corrected chi connectivity index (χ3v) is 3.49. The molecule has 0 amide bonds. The summed E-state index contributed by atoms with van der Waals surface area (Å²) in [6.45, 7) is 6.72. The van der Waals surface area contributed by atoms with E-state index in [0.29, 0.717) is 6.54 Å². The summed E-state index contributed by atoms with van der Waals surface area (Å²) < 4.78 is 26.0. The zero-order chi connectivity index (χ0) is 14.7. The van der Waals surface area contributed by atoms with Crippen LogP contribution in [-0.2, 0) is 6.54 Å². The van der Waals surface area contributed by atoms with Crippen molar-refractivity contribution in [1.29, 1.82) is 0 Å². The van der Waals surface area contributed by atoms with Crippen molar-refractivity contribution in [3.63, 3.8) is 0 Å². The van der Waals surface area contributed by atoms with Crippen LogP contribution >= 0.6 is 0 Å². The van der Waals surface area contributed by atoms with Crippen LogP contribution in [0.5, 0.6) is 0 Å². The van der Waals surface area contributed by atoms with Gasteiger partial charge >= 0.3 is 0 Å². The van der Waals surface area contributed by atoms with Gasteiger partial charge in [-0.15, -0.1) is 0 Å². The van der Waals surface area contributed by atoms with Crippen LogP contribution in [0, 0.1) is 25.5 Å². The average Bonchev–Trinajstić information content (AvgIpc) is 2.40. The van der Waals surface area contributed by atoms with Crippen LogP contribution in [0.4, 0.5) is 8.78 Å². The van der Waals surface area contributed by atoms with Gasteiger partial charge in [0.15, 0.2) is 11.6 Å². The summed E-state index contributed by atoms with van der Waals surface area (Å²) in [6.07, 6.45) is 0. The summed E-state index contributed by atoms with van der Waals surface area (Å²) in [5.41, 5.74) is 4.42. The third kappa shape index (κ3) is 3.42. The van der Waals surface area contributed by atoms with Crippen molar-refractivity contribution in [2.24, 2.45) is 0 Å². The van der Waals surface area contributed by atoms with Crippen molar-refractivity contribution < 1.29 is 8.78 Å². The van der Waals surface area contributed by atoms with Crippen LogP contribution in [0.1, 0.15) is 35.2 Å². The summed E-state index contributed by atoms with van der Waals surface area (Å²) >= 11 is 0. The van der Waals surface area contributed by atoms with E-state index in [1.165, 1.54) is 22.8 Å². The molecule has 0 aliphatic carbocycles. The van der Waals surface area contributed by atoms with Crippen molar-refractivity contribution in [2.75, 3.05) is 0 Å². The minimum Gasteiger partial charge on any atom is -0.306 e. The highest BCUT2D eigenvalue weighted by atomic mass is 19.2. The highest BCUT2D eigenvalue weighted by Crippen LogP contribution is 2.19. The summed E-state index contributed by atoms with van der Waals surface area (Å²) in [5.74, 6) is -1.61. The van der Waals surface area contributed by atoms with Crippen molar-refractivity contribution >= 4 is 0 Å². The molecule has 0 saturated carbocycles. The predicted octanol–water partition coefficient (Wildman–Crippen LogP) is 4.43. The van der Waals surface area contributed by atoms with E-state index in [9.17, 15) is 8.78 Å². The number of halogens is 2.